The first-order valence-corrected chi connectivity index (χ1v) is 11.5. The number of aryl methyl sites for hydroxylation is 1. The third-order valence-corrected chi connectivity index (χ3v) is 9.61. The van der Waals surface area contributed by atoms with Crippen LogP contribution in [-0.4, -0.2) is 64.1 Å². The van der Waals surface area contributed by atoms with Crippen molar-refractivity contribution in [2.45, 2.75) is 82.4 Å². The van der Waals surface area contributed by atoms with Crippen molar-refractivity contribution >= 4 is 11.9 Å². The Morgan fingerprint density at radius 2 is 1.85 bits per heavy atom. The number of ether oxygens (including phenoxy) is 3. The van der Waals surface area contributed by atoms with Gasteiger partial charge in [-0.3, -0.25) is 9.59 Å². The molecule has 5 rings (SSSR count). The smallest absolute Gasteiger partial charge is 0.303 e. The van der Waals surface area contributed by atoms with Crippen molar-refractivity contribution < 1.29 is 43.5 Å². The highest BCUT2D eigenvalue weighted by atomic mass is 16.7. The summed E-state index contributed by atoms with van der Waals surface area (Å²) in [6.07, 6.45) is 1.42. The maximum Gasteiger partial charge on any atom is 0.303 e. The maximum absolute atomic E-state index is 12.3. The topological polar surface area (TPSA) is 136 Å². The number of rotatable bonds is 3. The first-order valence-electron chi connectivity index (χ1n) is 11.5. The lowest BCUT2D eigenvalue weighted by Crippen LogP contribution is -2.81. The van der Waals surface area contributed by atoms with E-state index in [0.717, 1.165) is 5.56 Å². The second-order valence-electron chi connectivity index (χ2n) is 10.6. The summed E-state index contributed by atoms with van der Waals surface area (Å²) < 4.78 is 23.3. The number of esters is 2. The Balaban J connectivity index is 1.79. The number of carbonyl (C=O) groups excluding carboxylic acids is 2. The molecule has 4 aliphatic rings. The zero-order chi connectivity index (χ0) is 24.0. The van der Waals surface area contributed by atoms with Gasteiger partial charge in [-0.2, -0.15) is 0 Å². The van der Waals surface area contributed by atoms with E-state index in [1.807, 2.05) is 19.9 Å². The van der Waals surface area contributed by atoms with E-state index in [4.69, 9.17) is 18.6 Å². The average Bonchev–Trinajstić information content (AvgIpc) is 3.32. The molecule has 1 saturated heterocycles. The lowest BCUT2D eigenvalue weighted by molar-refractivity contribution is -0.347. The van der Waals surface area contributed by atoms with E-state index in [9.17, 15) is 24.9 Å². The molecule has 2 bridgehead atoms. The molecule has 1 aromatic heterocycles. The van der Waals surface area contributed by atoms with Gasteiger partial charge >= 0.3 is 11.9 Å². The third-order valence-electron chi connectivity index (χ3n) is 9.61. The molecule has 1 aliphatic heterocycles. The van der Waals surface area contributed by atoms with E-state index < -0.39 is 58.4 Å². The van der Waals surface area contributed by atoms with Crippen LogP contribution in [0.4, 0.5) is 0 Å². The van der Waals surface area contributed by atoms with Gasteiger partial charge in [0.25, 0.3) is 0 Å². The maximum atomic E-state index is 12.3. The highest BCUT2D eigenvalue weighted by Gasteiger charge is 2.87. The van der Waals surface area contributed by atoms with Crippen LogP contribution in [0.1, 0.15) is 58.3 Å². The summed E-state index contributed by atoms with van der Waals surface area (Å²) in [5.41, 5.74) is -4.20. The van der Waals surface area contributed by atoms with Crippen molar-refractivity contribution in [1.82, 2.24) is 0 Å². The Bertz CT molecular complexity index is 1000. The number of carbonyl (C=O) groups is 2. The number of aliphatic hydroxyl groups excluding tert-OH is 1. The second kappa shape index (κ2) is 6.81. The van der Waals surface area contributed by atoms with E-state index in [-0.39, 0.29) is 12.5 Å². The molecule has 9 heteroatoms. The minimum atomic E-state index is -2.04. The largest absolute Gasteiger partial charge is 0.468 e. The summed E-state index contributed by atoms with van der Waals surface area (Å²) in [6.45, 7) is 5.46. The van der Waals surface area contributed by atoms with Crippen molar-refractivity contribution in [2.75, 3.05) is 13.2 Å². The van der Waals surface area contributed by atoms with E-state index >= 15 is 0 Å². The zero-order valence-electron chi connectivity index (χ0n) is 19.4. The molecule has 33 heavy (non-hydrogen) atoms. The molecule has 3 N–H and O–H groups in total. The van der Waals surface area contributed by atoms with Crippen LogP contribution in [0.5, 0.6) is 0 Å². The van der Waals surface area contributed by atoms with Crippen molar-refractivity contribution in [3.05, 3.63) is 23.7 Å². The van der Waals surface area contributed by atoms with Gasteiger partial charge in [-0.1, -0.05) is 6.92 Å². The van der Waals surface area contributed by atoms with Crippen LogP contribution in [0.2, 0.25) is 0 Å². The van der Waals surface area contributed by atoms with Crippen molar-refractivity contribution in [1.29, 1.82) is 0 Å². The molecule has 1 aromatic rings. The molecule has 9 nitrogen and oxygen atoms in total. The van der Waals surface area contributed by atoms with Crippen LogP contribution in [0.3, 0.4) is 0 Å². The summed E-state index contributed by atoms with van der Waals surface area (Å²) >= 11 is 0. The summed E-state index contributed by atoms with van der Waals surface area (Å²) in [5, 5.41) is 34.9. The quantitative estimate of drug-likeness (QED) is 0.564. The summed E-state index contributed by atoms with van der Waals surface area (Å²) in [7, 11) is 0. The molecule has 0 amide bonds. The molecule has 2 saturated carbocycles. The van der Waals surface area contributed by atoms with Gasteiger partial charge in [0.15, 0.2) is 6.10 Å². The molecular weight excluding hydrogens is 432 g/mol. The summed E-state index contributed by atoms with van der Waals surface area (Å²) in [6, 6.07) is 1.88. The average molecular weight is 465 g/mol. The molecule has 1 spiro atoms. The fourth-order valence-corrected chi connectivity index (χ4v) is 8.00. The van der Waals surface area contributed by atoms with Gasteiger partial charge in [0.2, 0.25) is 5.79 Å². The summed E-state index contributed by atoms with van der Waals surface area (Å²) in [4.78, 5) is 24.2. The van der Waals surface area contributed by atoms with Gasteiger partial charge < -0.3 is 33.9 Å². The van der Waals surface area contributed by atoms with Gasteiger partial charge in [0, 0.05) is 13.8 Å². The monoisotopic (exact) mass is 464 g/mol. The Kier molecular flexibility index (Phi) is 4.71. The van der Waals surface area contributed by atoms with Gasteiger partial charge in [0.05, 0.1) is 30.3 Å². The molecule has 3 fully saturated rings. The molecular formula is C24H32O9. The van der Waals surface area contributed by atoms with Crippen LogP contribution in [-0.2, 0) is 35.6 Å². The Labute approximate surface area is 192 Å². The molecule has 182 valence electrons. The standard InChI is InChI=1S/C24H32O9/c1-13(26)32-17-6-5-16-20(3)9-7-15-8-10-30-18(15)21(20,4)24(29)19(33-14(2)27)22(16,12-31-24)23(17,28)11-25/h8,10,16-17,19,25,28-29H,5-7,9,11-12H2,1-4H3. The highest BCUT2D eigenvalue weighted by Crippen LogP contribution is 2.76. The van der Waals surface area contributed by atoms with Gasteiger partial charge in [-0.25, -0.2) is 0 Å². The fourth-order valence-electron chi connectivity index (χ4n) is 8.00. The predicted octanol–water partition coefficient (Wildman–Crippen LogP) is 1.21. The van der Waals surface area contributed by atoms with Crippen LogP contribution in [0.15, 0.2) is 16.7 Å². The number of hydrogen-bond acceptors (Lipinski definition) is 9. The number of hydrogen-bond donors (Lipinski definition) is 3. The number of aliphatic hydroxyl groups is 3. The second-order valence-corrected chi connectivity index (χ2v) is 10.6. The van der Waals surface area contributed by atoms with Crippen LogP contribution in [0.25, 0.3) is 0 Å². The van der Waals surface area contributed by atoms with Gasteiger partial charge in [-0.05, 0) is 55.6 Å². The Hall–Kier alpha value is -1.94. The van der Waals surface area contributed by atoms with Gasteiger partial charge in [-0.15, -0.1) is 0 Å². The minimum Gasteiger partial charge on any atom is -0.468 e. The fraction of sp³-hybridized carbons (Fsp3) is 0.750. The lowest BCUT2D eigenvalue weighted by atomic mass is 9.35. The molecule has 0 radical (unpaired) electrons. The van der Waals surface area contributed by atoms with E-state index in [1.165, 1.54) is 13.8 Å². The number of fused-ring (bicyclic) bond motifs is 6. The Morgan fingerprint density at radius 1 is 1.15 bits per heavy atom. The molecule has 8 atom stereocenters. The zero-order valence-corrected chi connectivity index (χ0v) is 19.4. The first-order chi connectivity index (χ1) is 15.4. The number of furan rings is 1. The molecule has 8 unspecified atom stereocenters. The Morgan fingerprint density at radius 3 is 2.48 bits per heavy atom. The molecule has 2 heterocycles. The van der Waals surface area contributed by atoms with Gasteiger partial charge in [0.1, 0.15) is 17.5 Å². The minimum absolute atomic E-state index is 0.178. The summed E-state index contributed by atoms with van der Waals surface area (Å²) in [5.74, 6) is -3.05. The van der Waals surface area contributed by atoms with Crippen LogP contribution in [0, 0.1) is 16.7 Å². The molecule has 3 aliphatic carbocycles. The lowest BCUT2D eigenvalue weighted by Gasteiger charge is -2.69. The third kappa shape index (κ3) is 2.36. The van der Waals surface area contributed by atoms with Crippen LogP contribution >= 0.6 is 0 Å². The van der Waals surface area contributed by atoms with Crippen molar-refractivity contribution in [3.8, 4) is 0 Å². The van der Waals surface area contributed by atoms with E-state index in [1.54, 1.807) is 6.26 Å². The van der Waals surface area contributed by atoms with E-state index in [0.29, 0.717) is 31.4 Å². The normalized spacial score (nSPS) is 47.8. The predicted molar refractivity (Wildman–Crippen MR) is 112 cm³/mol. The van der Waals surface area contributed by atoms with E-state index in [2.05, 4.69) is 0 Å². The molecule has 0 aromatic carbocycles. The van der Waals surface area contributed by atoms with Crippen molar-refractivity contribution in [3.63, 3.8) is 0 Å². The van der Waals surface area contributed by atoms with Crippen LogP contribution < -0.4 is 0 Å². The SMILES string of the molecule is CC(=O)OC1CCC2C3(C)CCc4ccoc4C3(C)C3(O)OCC2(C3OC(C)=O)C1(O)CO. The highest BCUT2D eigenvalue weighted by molar-refractivity contribution is 5.67. The van der Waals surface area contributed by atoms with Crippen molar-refractivity contribution in [2.24, 2.45) is 16.7 Å². The first kappa shape index (κ1) is 22.8.